The fourth-order valence-corrected chi connectivity index (χ4v) is 5.83. The number of amides is 1. The molecule has 1 saturated heterocycles. The number of sulfonamides is 1. The van der Waals surface area contributed by atoms with Gasteiger partial charge in [-0.1, -0.05) is 23.7 Å². The number of nitrogens with zero attached hydrogens (tertiary/aromatic N) is 5. The molecule has 1 fully saturated rings. The second-order valence-electron chi connectivity index (χ2n) is 8.70. The largest absolute Gasteiger partial charge is 0.368 e. The van der Waals surface area contributed by atoms with Crippen molar-refractivity contribution in [2.45, 2.75) is 24.4 Å². The number of carbonyl (C=O) groups excluding carboxylic acids is 1. The van der Waals surface area contributed by atoms with Crippen LogP contribution in [0.4, 0.5) is 11.5 Å². The lowest BCUT2D eigenvalue weighted by Gasteiger charge is -2.41. The van der Waals surface area contributed by atoms with Gasteiger partial charge in [0.05, 0.1) is 15.4 Å². The SMILES string of the molecule is C[C@H]1CN(c2ccc(S(=O)(=O)Nc3ccncn3)cc2)CCN1C(=O)Cn1ccc2cccc(Cl)c21. The van der Waals surface area contributed by atoms with E-state index in [0.29, 0.717) is 24.7 Å². The monoisotopic (exact) mass is 524 g/mol. The molecule has 1 aliphatic heterocycles. The first-order valence-electron chi connectivity index (χ1n) is 11.5. The van der Waals surface area contributed by atoms with Gasteiger partial charge in [0, 0.05) is 49.1 Å². The minimum absolute atomic E-state index is 0.00797. The lowest BCUT2D eigenvalue weighted by molar-refractivity contribution is -0.134. The van der Waals surface area contributed by atoms with Crippen LogP contribution in [-0.2, 0) is 21.4 Å². The summed E-state index contributed by atoms with van der Waals surface area (Å²) >= 11 is 6.37. The van der Waals surface area contributed by atoms with Gasteiger partial charge in [-0.2, -0.15) is 0 Å². The Balaban J connectivity index is 1.23. The summed E-state index contributed by atoms with van der Waals surface area (Å²) in [5, 5.41) is 1.63. The highest BCUT2D eigenvalue weighted by molar-refractivity contribution is 7.92. The number of benzene rings is 2. The zero-order valence-electron chi connectivity index (χ0n) is 19.6. The van der Waals surface area contributed by atoms with Gasteiger partial charge in [0.15, 0.2) is 0 Å². The normalized spacial score (nSPS) is 16.3. The van der Waals surface area contributed by atoms with Crippen molar-refractivity contribution in [3.63, 3.8) is 0 Å². The Morgan fingerprint density at radius 3 is 2.64 bits per heavy atom. The number of para-hydroxylation sites is 1. The highest BCUT2D eigenvalue weighted by Gasteiger charge is 2.28. The standard InChI is InChI=1S/C25H25ClN6O3S/c1-18-15-30(20-5-7-21(8-6-20)36(34,35)29-23-9-11-27-17-28-23)13-14-32(18)24(33)16-31-12-10-19-3-2-4-22(26)25(19)31/h2-12,17-18H,13-16H2,1H3,(H,27,28,29)/t18-/m0/s1. The number of piperazine rings is 1. The van der Waals surface area contributed by atoms with Gasteiger partial charge in [0.2, 0.25) is 5.91 Å². The molecule has 186 valence electrons. The maximum Gasteiger partial charge on any atom is 0.263 e. The quantitative estimate of drug-likeness (QED) is 0.413. The molecule has 0 radical (unpaired) electrons. The highest BCUT2D eigenvalue weighted by atomic mass is 35.5. The van der Waals surface area contributed by atoms with Crippen LogP contribution in [0.2, 0.25) is 5.02 Å². The van der Waals surface area contributed by atoms with E-state index in [-0.39, 0.29) is 29.2 Å². The summed E-state index contributed by atoms with van der Waals surface area (Å²) in [6.45, 7) is 4.11. The Kier molecular flexibility index (Phi) is 6.55. The van der Waals surface area contributed by atoms with Crippen molar-refractivity contribution in [2.75, 3.05) is 29.3 Å². The number of fused-ring (bicyclic) bond motifs is 1. The van der Waals surface area contributed by atoms with E-state index in [1.807, 2.05) is 46.9 Å². The molecule has 1 aliphatic rings. The molecule has 9 nitrogen and oxygen atoms in total. The van der Waals surface area contributed by atoms with Crippen LogP contribution in [0.15, 0.2) is 78.2 Å². The van der Waals surface area contributed by atoms with Crippen LogP contribution in [0.3, 0.4) is 0 Å². The van der Waals surface area contributed by atoms with Gasteiger partial charge in [-0.15, -0.1) is 0 Å². The summed E-state index contributed by atoms with van der Waals surface area (Å²) < 4.78 is 29.6. The van der Waals surface area contributed by atoms with Crippen LogP contribution in [0, 0.1) is 0 Å². The lowest BCUT2D eigenvalue weighted by atomic mass is 10.1. The third-order valence-electron chi connectivity index (χ3n) is 6.33. The Hall–Kier alpha value is -3.63. The van der Waals surface area contributed by atoms with E-state index in [4.69, 9.17) is 11.6 Å². The minimum atomic E-state index is -3.76. The summed E-state index contributed by atoms with van der Waals surface area (Å²) in [4.78, 5) is 25.0. The van der Waals surface area contributed by atoms with Gasteiger partial charge < -0.3 is 14.4 Å². The number of nitrogens with one attached hydrogen (secondary N) is 1. The molecular weight excluding hydrogens is 500 g/mol. The average Bonchev–Trinajstić information content (AvgIpc) is 3.28. The van der Waals surface area contributed by atoms with E-state index in [9.17, 15) is 13.2 Å². The van der Waals surface area contributed by atoms with Crippen LogP contribution in [0.5, 0.6) is 0 Å². The summed E-state index contributed by atoms with van der Waals surface area (Å²) in [7, 11) is -3.76. The molecule has 1 atom stereocenters. The van der Waals surface area contributed by atoms with E-state index in [1.165, 1.54) is 18.6 Å². The summed E-state index contributed by atoms with van der Waals surface area (Å²) in [6.07, 6.45) is 4.64. The number of aromatic nitrogens is 3. The molecular formula is C25H25ClN6O3S. The molecule has 2 aromatic carbocycles. The number of hydrogen-bond donors (Lipinski definition) is 1. The van der Waals surface area contributed by atoms with Crippen molar-refractivity contribution < 1.29 is 13.2 Å². The molecule has 1 N–H and O–H groups in total. The second kappa shape index (κ2) is 9.79. The summed E-state index contributed by atoms with van der Waals surface area (Å²) in [6, 6.07) is 15.9. The molecule has 1 amide bonds. The Morgan fingerprint density at radius 2 is 1.92 bits per heavy atom. The predicted molar refractivity (Wildman–Crippen MR) is 140 cm³/mol. The predicted octanol–water partition coefficient (Wildman–Crippen LogP) is 3.62. The van der Waals surface area contributed by atoms with Crippen molar-refractivity contribution in [1.29, 1.82) is 0 Å². The van der Waals surface area contributed by atoms with Crippen molar-refractivity contribution in [1.82, 2.24) is 19.4 Å². The smallest absolute Gasteiger partial charge is 0.263 e. The Bertz CT molecular complexity index is 1490. The molecule has 4 aromatic rings. The number of rotatable bonds is 6. The van der Waals surface area contributed by atoms with Crippen molar-refractivity contribution in [3.05, 3.63) is 78.3 Å². The van der Waals surface area contributed by atoms with Gasteiger partial charge in [0.25, 0.3) is 10.0 Å². The van der Waals surface area contributed by atoms with Crippen LogP contribution in [-0.4, -0.2) is 59.4 Å². The molecule has 0 spiro atoms. The van der Waals surface area contributed by atoms with E-state index in [1.54, 1.807) is 24.3 Å². The molecule has 0 unspecified atom stereocenters. The number of anilines is 2. The summed E-state index contributed by atoms with van der Waals surface area (Å²) in [5.41, 5.74) is 1.76. The van der Waals surface area contributed by atoms with Gasteiger partial charge in [-0.25, -0.2) is 18.4 Å². The number of carbonyl (C=O) groups is 1. The third kappa shape index (κ3) is 4.87. The fraction of sp³-hybridized carbons (Fsp3) is 0.240. The van der Waals surface area contributed by atoms with Crippen LogP contribution in [0.25, 0.3) is 10.9 Å². The molecule has 0 aliphatic carbocycles. The van der Waals surface area contributed by atoms with Crippen LogP contribution >= 0.6 is 11.6 Å². The Labute approximate surface area is 214 Å². The summed E-state index contributed by atoms with van der Waals surface area (Å²) in [5.74, 6) is 0.246. The van der Waals surface area contributed by atoms with Crippen molar-refractivity contribution in [2.24, 2.45) is 0 Å². The van der Waals surface area contributed by atoms with E-state index < -0.39 is 10.0 Å². The molecule has 36 heavy (non-hydrogen) atoms. The highest BCUT2D eigenvalue weighted by Crippen LogP contribution is 2.26. The zero-order chi connectivity index (χ0) is 25.3. The first kappa shape index (κ1) is 24.1. The first-order chi connectivity index (χ1) is 17.3. The van der Waals surface area contributed by atoms with Crippen LogP contribution < -0.4 is 9.62 Å². The number of halogens is 1. The van der Waals surface area contributed by atoms with Crippen molar-refractivity contribution >= 4 is 49.9 Å². The molecule has 0 bridgehead atoms. The average molecular weight is 525 g/mol. The van der Waals surface area contributed by atoms with Gasteiger partial charge in [-0.05, 0) is 49.4 Å². The zero-order valence-corrected chi connectivity index (χ0v) is 21.2. The number of hydrogen-bond acceptors (Lipinski definition) is 6. The molecule has 11 heteroatoms. The van der Waals surface area contributed by atoms with E-state index >= 15 is 0 Å². The first-order valence-corrected chi connectivity index (χ1v) is 13.3. The van der Waals surface area contributed by atoms with Gasteiger partial charge in [0.1, 0.15) is 18.7 Å². The maximum absolute atomic E-state index is 13.1. The van der Waals surface area contributed by atoms with Crippen molar-refractivity contribution in [3.8, 4) is 0 Å². The molecule has 5 rings (SSSR count). The van der Waals surface area contributed by atoms with Gasteiger partial charge >= 0.3 is 0 Å². The third-order valence-corrected chi connectivity index (χ3v) is 8.00. The topological polar surface area (TPSA) is 100 Å². The lowest BCUT2D eigenvalue weighted by Crippen LogP contribution is -2.54. The van der Waals surface area contributed by atoms with E-state index in [0.717, 1.165) is 16.6 Å². The molecule has 0 saturated carbocycles. The maximum atomic E-state index is 13.1. The second-order valence-corrected chi connectivity index (χ2v) is 10.8. The Morgan fingerprint density at radius 1 is 1.11 bits per heavy atom. The van der Waals surface area contributed by atoms with E-state index in [2.05, 4.69) is 19.6 Å². The van der Waals surface area contributed by atoms with Gasteiger partial charge in [-0.3, -0.25) is 9.52 Å². The van der Waals surface area contributed by atoms with Crippen LogP contribution in [0.1, 0.15) is 6.92 Å². The molecule has 3 heterocycles. The fourth-order valence-electron chi connectivity index (χ4n) is 4.53. The minimum Gasteiger partial charge on any atom is -0.368 e. The molecule has 2 aromatic heterocycles.